The number of aromatic nitrogens is 2. The van der Waals surface area contributed by atoms with Crippen LogP contribution in [-0.2, 0) is 0 Å². The van der Waals surface area contributed by atoms with E-state index in [1.165, 1.54) is 11.7 Å². The molecule has 0 bridgehead atoms. The second kappa shape index (κ2) is 8.22. The highest BCUT2D eigenvalue weighted by molar-refractivity contribution is 6.42. The molecule has 150 valence electrons. The second-order valence-electron chi connectivity index (χ2n) is 6.46. The van der Waals surface area contributed by atoms with E-state index >= 15 is 0 Å². The van der Waals surface area contributed by atoms with Crippen molar-refractivity contribution in [2.45, 2.75) is 0 Å². The molecule has 0 aliphatic carbocycles. The van der Waals surface area contributed by atoms with Crippen LogP contribution in [0.4, 0.5) is 0 Å². The van der Waals surface area contributed by atoms with E-state index in [9.17, 15) is 9.90 Å². The van der Waals surface area contributed by atoms with Gasteiger partial charge in [-0.05, 0) is 48.6 Å². The first-order chi connectivity index (χ1) is 14.5. The van der Waals surface area contributed by atoms with Crippen molar-refractivity contribution in [1.29, 1.82) is 0 Å². The van der Waals surface area contributed by atoms with E-state index < -0.39 is 0 Å². The maximum atomic E-state index is 13.3. The van der Waals surface area contributed by atoms with Crippen molar-refractivity contribution in [1.82, 2.24) is 9.55 Å². The van der Waals surface area contributed by atoms with E-state index in [1.54, 1.807) is 66.7 Å². The highest BCUT2D eigenvalue weighted by Crippen LogP contribution is 2.31. The Labute approximate surface area is 182 Å². The van der Waals surface area contributed by atoms with E-state index in [0.717, 1.165) is 0 Å². The molecule has 0 spiro atoms. The topological polar surface area (TPSA) is 64.3 Å². The highest BCUT2D eigenvalue weighted by Gasteiger charge is 2.13. The maximum absolute atomic E-state index is 13.3. The molecule has 1 N–H and O–H groups in total. The molecular formula is C23H16Cl2N2O3. The summed E-state index contributed by atoms with van der Waals surface area (Å²) >= 11 is 12.2. The van der Waals surface area contributed by atoms with Gasteiger partial charge in [-0.2, -0.15) is 0 Å². The lowest BCUT2D eigenvalue weighted by Gasteiger charge is -2.12. The van der Waals surface area contributed by atoms with Crippen molar-refractivity contribution in [2.24, 2.45) is 0 Å². The van der Waals surface area contributed by atoms with Crippen molar-refractivity contribution in [2.75, 3.05) is 7.11 Å². The summed E-state index contributed by atoms with van der Waals surface area (Å²) in [6.45, 7) is 0. The van der Waals surface area contributed by atoms with Gasteiger partial charge in [0.15, 0.2) is 11.5 Å². The molecule has 0 atom stereocenters. The number of phenolic OH excluding ortho intramolecular Hbond substituents is 1. The van der Waals surface area contributed by atoms with Crippen molar-refractivity contribution < 1.29 is 9.84 Å². The minimum absolute atomic E-state index is 0.000438. The molecule has 0 unspecified atom stereocenters. The van der Waals surface area contributed by atoms with Gasteiger partial charge in [-0.15, -0.1) is 0 Å². The van der Waals surface area contributed by atoms with Gasteiger partial charge in [0, 0.05) is 5.56 Å². The molecule has 1 heterocycles. The molecule has 0 radical (unpaired) electrons. The smallest absolute Gasteiger partial charge is 0.266 e. The van der Waals surface area contributed by atoms with Gasteiger partial charge >= 0.3 is 0 Å². The molecule has 0 aliphatic heterocycles. The van der Waals surface area contributed by atoms with Crippen molar-refractivity contribution >= 4 is 46.3 Å². The van der Waals surface area contributed by atoms with Gasteiger partial charge < -0.3 is 9.84 Å². The van der Waals surface area contributed by atoms with Crippen LogP contribution in [0.1, 0.15) is 11.4 Å². The summed E-state index contributed by atoms with van der Waals surface area (Å²) in [5.41, 5.74) is 1.38. The zero-order chi connectivity index (χ0) is 21.3. The van der Waals surface area contributed by atoms with Gasteiger partial charge in [0.05, 0.1) is 33.7 Å². The number of phenols is 1. The molecule has 1 aromatic heterocycles. The molecule has 0 amide bonds. The number of hydrogen-bond acceptors (Lipinski definition) is 4. The molecule has 30 heavy (non-hydrogen) atoms. The van der Waals surface area contributed by atoms with Crippen LogP contribution in [0.15, 0.2) is 65.5 Å². The number of hydrogen-bond donors (Lipinski definition) is 1. The third kappa shape index (κ3) is 3.65. The maximum Gasteiger partial charge on any atom is 0.266 e. The predicted molar refractivity (Wildman–Crippen MR) is 121 cm³/mol. The van der Waals surface area contributed by atoms with Gasteiger partial charge in [0.2, 0.25) is 0 Å². The Hall–Kier alpha value is -3.28. The number of fused-ring (bicyclic) bond motifs is 1. The molecule has 0 fully saturated rings. The van der Waals surface area contributed by atoms with Crippen LogP contribution in [0.2, 0.25) is 10.0 Å². The van der Waals surface area contributed by atoms with E-state index in [0.29, 0.717) is 43.8 Å². The fraction of sp³-hybridized carbons (Fsp3) is 0.0435. The van der Waals surface area contributed by atoms with Crippen LogP contribution in [-0.4, -0.2) is 21.8 Å². The number of halogens is 2. The first kappa shape index (κ1) is 20.0. The number of aromatic hydroxyl groups is 1. The normalized spacial score (nSPS) is 11.3. The lowest BCUT2D eigenvalue weighted by Crippen LogP contribution is -2.22. The fourth-order valence-corrected chi connectivity index (χ4v) is 3.43. The molecule has 7 heteroatoms. The van der Waals surface area contributed by atoms with Crippen LogP contribution in [0.5, 0.6) is 11.5 Å². The summed E-state index contributed by atoms with van der Waals surface area (Å²) < 4.78 is 6.61. The first-order valence-electron chi connectivity index (χ1n) is 9.01. The van der Waals surface area contributed by atoms with Crippen molar-refractivity contribution in [3.8, 4) is 17.2 Å². The summed E-state index contributed by atoms with van der Waals surface area (Å²) in [6, 6.07) is 17.2. The van der Waals surface area contributed by atoms with Crippen LogP contribution in [0.3, 0.4) is 0 Å². The number of benzene rings is 3. The van der Waals surface area contributed by atoms with Crippen molar-refractivity contribution in [3.05, 3.63) is 92.5 Å². The molecule has 3 aromatic carbocycles. The third-order valence-electron chi connectivity index (χ3n) is 4.63. The van der Waals surface area contributed by atoms with Gasteiger partial charge in [-0.1, -0.05) is 47.5 Å². The third-order valence-corrected chi connectivity index (χ3v) is 5.36. The van der Waals surface area contributed by atoms with Gasteiger partial charge in [0.1, 0.15) is 5.82 Å². The van der Waals surface area contributed by atoms with Gasteiger partial charge in [-0.3, -0.25) is 9.36 Å². The van der Waals surface area contributed by atoms with Crippen molar-refractivity contribution in [3.63, 3.8) is 0 Å². The zero-order valence-corrected chi connectivity index (χ0v) is 17.4. The highest BCUT2D eigenvalue weighted by atomic mass is 35.5. The Bertz CT molecular complexity index is 1350. The van der Waals surface area contributed by atoms with E-state index in [4.69, 9.17) is 27.9 Å². The SMILES string of the molecule is COc1cccc(/C=C/c2nc3ccccc3c(=O)n2-c2ccc(Cl)c(Cl)c2)c1O. The van der Waals surface area contributed by atoms with E-state index in [2.05, 4.69) is 4.98 Å². The number of ether oxygens (including phenoxy) is 1. The standard InChI is InChI=1S/C23H16Cl2N2O3/c1-30-20-8-4-5-14(22(20)28)9-12-21-26-19-7-3-2-6-16(19)23(29)27(21)15-10-11-17(24)18(25)13-15/h2-13,28H,1H3/b12-9+. The van der Waals surface area contributed by atoms with Crippen LogP contribution in [0.25, 0.3) is 28.7 Å². The van der Waals surface area contributed by atoms with E-state index in [-0.39, 0.29) is 11.3 Å². The monoisotopic (exact) mass is 438 g/mol. The van der Waals surface area contributed by atoms with Crippen LogP contribution in [0, 0.1) is 0 Å². The predicted octanol–water partition coefficient (Wildman–Crippen LogP) is 5.58. The molecule has 4 aromatic rings. The Morgan fingerprint density at radius 3 is 2.57 bits per heavy atom. The van der Waals surface area contributed by atoms with Crippen LogP contribution >= 0.6 is 23.2 Å². The number of methoxy groups -OCH3 is 1. The molecule has 0 saturated heterocycles. The second-order valence-corrected chi connectivity index (χ2v) is 7.27. The van der Waals surface area contributed by atoms with E-state index in [1.807, 2.05) is 6.07 Å². The number of rotatable bonds is 4. The largest absolute Gasteiger partial charge is 0.504 e. The average molecular weight is 439 g/mol. The summed E-state index contributed by atoms with van der Waals surface area (Å²) in [4.78, 5) is 17.9. The molecule has 0 saturated carbocycles. The summed E-state index contributed by atoms with van der Waals surface area (Å²) in [7, 11) is 1.48. The first-order valence-corrected chi connectivity index (χ1v) is 9.76. The molecule has 4 rings (SSSR count). The Morgan fingerprint density at radius 2 is 1.80 bits per heavy atom. The Morgan fingerprint density at radius 1 is 1.00 bits per heavy atom. The lowest BCUT2D eigenvalue weighted by molar-refractivity contribution is 0.373. The molecule has 0 aliphatic rings. The Kier molecular flexibility index (Phi) is 5.48. The quantitative estimate of drug-likeness (QED) is 0.451. The Balaban J connectivity index is 1.94. The molecule has 5 nitrogen and oxygen atoms in total. The zero-order valence-electron chi connectivity index (χ0n) is 15.8. The van der Waals surface area contributed by atoms with Crippen LogP contribution < -0.4 is 10.3 Å². The molecular weight excluding hydrogens is 423 g/mol. The number of para-hydroxylation sites is 2. The minimum atomic E-state index is -0.242. The van der Waals surface area contributed by atoms with Gasteiger partial charge in [-0.25, -0.2) is 4.98 Å². The lowest BCUT2D eigenvalue weighted by atomic mass is 10.1. The van der Waals surface area contributed by atoms with Gasteiger partial charge in [0.25, 0.3) is 5.56 Å². The fourth-order valence-electron chi connectivity index (χ4n) is 3.14. The minimum Gasteiger partial charge on any atom is -0.504 e. The summed E-state index contributed by atoms with van der Waals surface area (Å²) in [5, 5.41) is 11.5. The summed E-state index contributed by atoms with van der Waals surface area (Å²) in [5.74, 6) is 0.727. The number of nitrogens with zero attached hydrogens (tertiary/aromatic N) is 2. The summed E-state index contributed by atoms with van der Waals surface area (Å²) in [6.07, 6.45) is 3.33. The average Bonchev–Trinajstić information content (AvgIpc) is 2.75.